The number of hydrogen-bond donors (Lipinski definition) is 2. The van der Waals surface area contributed by atoms with Crippen LogP contribution in [0.1, 0.15) is 16.8 Å². The van der Waals surface area contributed by atoms with Crippen molar-refractivity contribution in [3.8, 4) is 0 Å². The number of rotatable bonds is 4. The molecule has 1 heterocycles. The number of hydrogen-bond acceptors (Lipinski definition) is 3. The molecule has 1 amide bonds. The number of carbonyl (C=O) groups excluding carboxylic acids is 1. The van der Waals surface area contributed by atoms with Gasteiger partial charge in [0.05, 0.1) is 12.0 Å². The summed E-state index contributed by atoms with van der Waals surface area (Å²) in [5, 5.41) is 4.88. The topological polar surface area (TPSA) is 54.0 Å². The number of halogens is 3. The van der Waals surface area contributed by atoms with Gasteiger partial charge in [0.2, 0.25) is 0 Å². The molecule has 0 unspecified atom stereocenters. The first-order valence-corrected chi connectivity index (χ1v) is 4.92. The van der Waals surface area contributed by atoms with Crippen LogP contribution in [0.4, 0.5) is 19.0 Å². The van der Waals surface area contributed by atoms with Crippen molar-refractivity contribution in [2.75, 3.05) is 18.9 Å². The average molecular weight is 247 g/mol. The molecular weight excluding hydrogens is 235 g/mol. The molecule has 0 saturated carbocycles. The molecule has 1 aromatic rings. The lowest BCUT2D eigenvalue weighted by atomic mass is 10.2. The summed E-state index contributed by atoms with van der Waals surface area (Å²) in [5.41, 5.74) is 0.220. The Morgan fingerprint density at radius 1 is 1.47 bits per heavy atom. The highest BCUT2D eigenvalue weighted by Crippen LogP contribution is 2.18. The summed E-state index contributed by atoms with van der Waals surface area (Å²) >= 11 is 0. The monoisotopic (exact) mass is 247 g/mol. The summed E-state index contributed by atoms with van der Waals surface area (Å²) < 4.78 is 35.6. The molecule has 0 aliphatic carbocycles. The van der Waals surface area contributed by atoms with Crippen molar-refractivity contribution >= 4 is 11.7 Å². The highest BCUT2D eigenvalue weighted by atomic mass is 19.4. The third-order valence-corrected chi connectivity index (χ3v) is 1.98. The molecule has 4 nitrogen and oxygen atoms in total. The van der Waals surface area contributed by atoms with Crippen LogP contribution < -0.4 is 10.6 Å². The van der Waals surface area contributed by atoms with Crippen molar-refractivity contribution in [2.45, 2.75) is 12.6 Å². The lowest BCUT2D eigenvalue weighted by Gasteiger charge is -2.09. The first-order chi connectivity index (χ1) is 7.94. The molecule has 0 atom stereocenters. The minimum absolute atomic E-state index is 0.220. The Morgan fingerprint density at radius 2 is 2.18 bits per heavy atom. The number of pyridine rings is 1. The van der Waals surface area contributed by atoms with Gasteiger partial charge in [0, 0.05) is 19.8 Å². The number of amides is 1. The quantitative estimate of drug-likeness (QED) is 0.853. The molecular formula is C10H12F3N3O. The van der Waals surface area contributed by atoms with Gasteiger partial charge in [-0.2, -0.15) is 13.2 Å². The zero-order valence-electron chi connectivity index (χ0n) is 9.14. The third kappa shape index (κ3) is 4.29. The zero-order chi connectivity index (χ0) is 12.9. The number of nitrogens with one attached hydrogen (secondary N) is 2. The third-order valence-electron chi connectivity index (χ3n) is 1.98. The lowest BCUT2D eigenvalue weighted by molar-refractivity contribution is -0.132. The SMILES string of the molecule is CNc1ncccc1C(=O)NCCC(F)(F)F. The second-order valence-electron chi connectivity index (χ2n) is 3.27. The van der Waals surface area contributed by atoms with Gasteiger partial charge in [-0.05, 0) is 12.1 Å². The predicted molar refractivity (Wildman–Crippen MR) is 56.8 cm³/mol. The Hall–Kier alpha value is -1.79. The number of alkyl halides is 3. The average Bonchev–Trinajstić information content (AvgIpc) is 2.27. The number of carbonyl (C=O) groups is 1. The predicted octanol–water partition coefficient (Wildman–Crippen LogP) is 1.81. The van der Waals surface area contributed by atoms with Crippen molar-refractivity contribution in [1.29, 1.82) is 0 Å². The highest BCUT2D eigenvalue weighted by molar-refractivity contribution is 5.98. The van der Waals surface area contributed by atoms with Gasteiger partial charge in [-0.3, -0.25) is 4.79 Å². The van der Waals surface area contributed by atoms with Gasteiger partial charge < -0.3 is 10.6 Å². The van der Waals surface area contributed by atoms with Gasteiger partial charge in [0.1, 0.15) is 5.82 Å². The van der Waals surface area contributed by atoms with Crippen LogP contribution in [0, 0.1) is 0 Å². The van der Waals surface area contributed by atoms with Crippen molar-refractivity contribution in [2.24, 2.45) is 0 Å². The molecule has 0 spiro atoms. The maximum absolute atomic E-state index is 11.9. The Balaban J connectivity index is 2.58. The van der Waals surface area contributed by atoms with Crippen molar-refractivity contribution in [3.63, 3.8) is 0 Å². The Morgan fingerprint density at radius 3 is 2.76 bits per heavy atom. The van der Waals surface area contributed by atoms with Gasteiger partial charge in [0.25, 0.3) is 5.91 Å². The van der Waals surface area contributed by atoms with E-state index in [0.29, 0.717) is 5.82 Å². The molecule has 0 aliphatic heterocycles. The summed E-state index contributed by atoms with van der Waals surface area (Å²) in [6, 6.07) is 3.03. The number of nitrogens with zero attached hydrogens (tertiary/aromatic N) is 1. The largest absolute Gasteiger partial charge is 0.390 e. The first kappa shape index (κ1) is 13.3. The molecule has 94 valence electrons. The van der Waals surface area contributed by atoms with Gasteiger partial charge in [-0.15, -0.1) is 0 Å². The normalized spacial score (nSPS) is 11.1. The summed E-state index contributed by atoms with van der Waals surface area (Å²) in [5.74, 6) is -0.247. The van der Waals surface area contributed by atoms with Gasteiger partial charge >= 0.3 is 6.18 Å². The van der Waals surface area contributed by atoms with Crippen LogP contribution in [-0.2, 0) is 0 Å². The summed E-state index contributed by atoms with van der Waals surface area (Å²) in [6.45, 7) is -0.444. The van der Waals surface area contributed by atoms with E-state index in [-0.39, 0.29) is 5.56 Å². The van der Waals surface area contributed by atoms with E-state index in [2.05, 4.69) is 15.6 Å². The lowest BCUT2D eigenvalue weighted by Crippen LogP contribution is -2.28. The number of anilines is 1. The van der Waals surface area contributed by atoms with E-state index in [0.717, 1.165) is 0 Å². The fourth-order valence-corrected chi connectivity index (χ4v) is 1.20. The standard InChI is InChI=1S/C10H12F3N3O/c1-14-8-7(3-2-5-15-8)9(17)16-6-4-10(11,12)13/h2-3,5H,4,6H2,1H3,(H,14,15)(H,16,17). The van der Waals surface area contributed by atoms with Crippen molar-refractivity contribution in [1.82, 2.24) is 10.3 Å². The second kappa shape index (κ2) is 5.51. The van der Waals surface area contributed by atoms with Crippen molar-refractivity contribution < 1.29 is 18.0 Å². The van der Waals surface area contributed by atoms with E-state index in [1.165, 1.54) is 12.3 Å². The summed E-state index contributed by atoms with van der Waals surface area (Å²) in [7, 11) is 1.58. The van der Waals surface area contributed by atoms with Crippen LogP contribution in [0.2, 0.25) is 0 Å². The Bertz CT molecular complexity index is 393. The van der Waals surface area contributed by atoms with Crippen LogP contribution in [-0.4, -0.2) is 30.7 Å². The second-order valence-corrected chi connectivity index (χ2v) is 3.27. The Kier molecular flexibility index (Phi) is 4.30. The molecule has 7 heteroatoms. The van der Waals surface area contributed by atoms with Crippen LogP contribution in [0.25, 0.3) is 0 Å². The minimum Gasteiger partial charge on any atom is -0.372 e. The van der Waals surface area contributed by atoms with E-state index in [1.54, 1.807) is 13.1 Å². The van der Waals surface area contributed by atoms with Crippen LogP contribution >= 0.6 is 0 Å². The van der Waals surface area contributed by atoms with Crippen LogP contribution in [0.5, 0.6) is 0 Å². The van der Waals surface area contributed by atoms with E-state index in [4.69, 9.17) is 0 Å². The summed E-state index contributed by atoms with van der Waals surface area (Å²) in [4.78, 5) is 15.4. The molecule has 0 fully saturated rings. The maximum atomic E-state index is 11.9. The molecule has 1 aromatic heterocycles. The van der Waals surface area contributed by atoms with Crippen LogP contribution in [0.3, 0.4) is 0 Å². The summed E-state index contributed by atoms with van der Waals surface area (Å²) in [6.07, 6.45) is -3.83. The van der Waals surface area contributed by atoms with E-state index < -0.39 is 25.0 Å². The fraction of sp³-hybridized carbons (Fsp3) is 0.400. The van der Waals surface area contributed by atoms with Gasteiger partial charge in [-0.1, -0.05) is 0 Å². The van der Waals surface area contributed by atoms with E-state index in [9.17, 15) is 18.0 Å². The molecule has 0 bridgehead atoms. The fourth-order valence-electron chi connectivity index (χ4n) is 1.20. The van der Waals surface area contributed by atoms with E-state index >= 15 is 0 Å². The first-order valence-electron chi connectivity index (χ1n) is 4.92. The smallest absolute Gasteiger partial charge is 0.372 e. The molecule has 0 saturated heterocycles. The van der Waals surface area contributed by atoms with Gasteiger partial charge in [-0.25, -0.2) is 4.98 Å². The van der Waals surface area contributed by atoms with E-state index in [1.807, 2.05) is 0 Å². The molecule has 17 heavy (non-hydrogen) atoms. The molecule has 0 aromatic carbocycles. The molecule has 1 rings (SSSR count). The maximum Gasteiger partial charge on any atom is 0.390 e. The molecule has 0 radical (unpaired) electrons. The minimum atomic E-state index is -4.27. The Labute approximate surface area is 96.2 Å². The number of aromatic nitrogens is 1. The molecule has 2 N–H and O–H groups in total. The molecule has 0 aliphatic rings. The highest BCUT2D eigenvalue weighted by Gasteiger charge is 2.26. The van der Waals surface area contributed by atoms with Crippen molar-refractivity contribution in [3.05, 3.63) is 23.9 Å². The zero-order valence-corrected chi connectivity index (χ0v) is 9.14. The van der Waals surface area contributed by atoms with Crippen LogP contribution in [0.15, 0.2) is 18.3 Å². The van der Waals surface area contributed by atoms with Gasteiger partial charge in [0.15, 0.2) is 0 Å².